The van der Waals surface area contributed by atoms with E-state index in [0.717, 1.165) is 0 Å². The number of benzene rings is 2. The molecule has 0 saturated heterocycles. The van der Waals surface area contributed by atoms with Crippen LogP contribution in [0.5, 0.6) is 17.2 Å². The van der Waals surface area contributed by atoms with Gasteiger partial charge in [0.2, 0.25) is 0 Å². The predicted octanol–water partition coefficient (Wildman–Crippen LogP) is 5.84. The molecule has 0 spiro atoms. The number of halogens is 5. The summed E-state index contributed by atoms with van der Waals surface area (Å²) in [7, 11) is -4.16. The molecule has 10 heteroatoms. The summed E-state index contributed by atoms with van der Waals surface area (Å²) in [6.07, 6.45) is -6.20. The van der Waals surface area contributed by atoms with Crippen LogP contribution in [0.25, 0.3) is 0 Å². The summed E-state index contributed by atoms with van der Waals surface area (Å²) < 4.78 is 70.2. The monoisotopic (exact) mass is 428 g/mol. The van der Waals surface area contributed by atoms with E-state index >= 15 is 0 Å². The molecule has 0 heterocycles. The lowest BCUT2D eigenvalue weighted by atomic mass is 10.3. The zero-order valence-corrected chi connectivity index (χ0v) is 15.4. The van der Waals surface area contributed by atoms with Gasteiger partial charge in [0, 0.05) is 12.5 Å². The van der Waals surface area contributed by atoms with E-state index in [1.807, 2.05) is 0 Å². The maximum absolute atomic E-state index is 12.1. The summed E-state index contributed by atoms with van der Waals surface area (Å²) in [4.78, 5) is 0. The molecule has 0 bridgehead atoms. The lowest BCUT2D eigenvalue weighted by Gasteiger charge is -2.11. The highest BCUT2D eigenvalue weighted by Gasteiger charge is 2.27. The van der Waals surface area contributed by atoms with Gasteiger partial charge >= 0.3 is 16.3 Å². The van der Waals surface area contributed by atoms with Crippen molar-refractivity contribution in [2.24, 2.45) is 0 Å². The third-order valence-corrected chi connectivity index (χ3v) is 5.06. The van der Waals surface area contributed by atoms with E-state index in [0.29, 0.717) is 0 Å². The second-order valence-electron chi connectivity index (χ2n) is 5.19. The maximum atomic E-state index is 12.1. The normalized spacial score (nSPS) is 12.0. The van der Waals surface area contributed by atoms with Gasteiger partial charge in [-0.15, -0.1) is 0 Å². The van der Waals surface area contributed by atoms with E-state index in [2.05, 4.69) is 0 Å². The van der Waals surface area contributed by atoms with E-state index in [1.54, 1.807) is 18.2 Å². The summed E-state index contributed by atoms with van der Waals surface area (Å²) in [5.41, 5.74) is 0. The van der Waals surface area contributed by atoms with Crippen LogP contribution in [0, 0.1) is 0 Å². The molecule has 2 aromatic rings. The van der Waals surface area contributed by atoms with Crippen molar-refractivity contribution in [2.45, 2.75) is 19.0 Å². The van der Waals surface area contributed by atoms with Crippen molar-refractivity contribution in [3.63, 3.8) is 0 Å². The SMILES string of the molecule is O=S(=O)(CCCC(F)(F)F)Oc1cccc(Oc2cccc(Cl)c2Cl)c1. The average Bonchev–Trinajstić information content (AvgIpc) is 2.50. The molecule has 0 aliphatic rings. The minimum atomic E-state index is -4.42. The molecule has 2 aromatic carbocycles. The topological polar surface area (TPSA) is 52.6 Å². The first-order chi connectivity index (χ1) is 12.1. The average molecular weight is 429 g/mol. The number of hydrogen-bond acceptors (Lipinski definition) is 4. The lowest BCUT2D eigenvalue weighted by molar-refractivity contribution is -0.134. The lowest BCUT2D eigenvalue weighted by Crippen LogP contribution is -2.16. The van der Waals surface area contributed by atoms with Crippen molar-refractivity contribution < 1.29 is 30.5 Å². The zero-order chi connectivity index (χ0) is 19.4. The first-order valence-electron chi connectivity index (χ1n) is 7.26. The molecule has 0 aromatic heterocycles. The molecule has 2 rings (SSSR count). The summed E-state index contributed by atoms with van der Waals surface area (Å²) in [6.45, 7) is 0. The van der Waals surface area contributed by atoms with Crippen LogP contribution in [-0.4, -0.2) is 20.3 Å². The molecule has 0 unspecified atom stereocenters. The van der Waals surface area contributed by atoms with Crippen molar-refractivity contribution in [2.75, 3.05) is 5.75 Å². The van der Waals surface area contributed by atoms with Crippen molar-refractivity contribution in [3.05, 3.63) is 52.5 Å². The third-order valence-electron chi connectivity index (χ3n) is 3.03. The standard InChI is InChI=1S/C16H13Cl2F3O4S/c17-13-6-2-7-14(15(13)18)24-11-4-1-5-12(10-11)25-26(22,23)9-3-8-16(19,20)21/h1-2,4-7,10H,3,8-9H2. The quantitative estimate of drug-likeness (QED) is 0.520. The van der Waals surface area contributed by atoms with Crippen LogP contribution in [-0.2, 0) is 10.1 Å². The summed E-state index contributed by atoms with van der Waals surface area (Å²) >= 11 is 11.9. The second kappa shape index (κ2) is 8.37. The Morgan fingerprint density at radius 1 is 1.00 bits per heavy atom. The Bertz CT molecular complexity index is 870. The molecule has 0 aliphatic heterocycles. The van der Waals surface area contributed by atoms with E-state index in [4.69, 9.17) is 32.1 Å². The van der Waals surface area contributed by atoms with Crippen LogP contribution >= 0.6 is 23.2 Å². The van der Waals surface area contributed by atoms with Crippen molar-refractivity contribution in [3.8, 4) is 17.2 Å². The molecule has 0 saturated carbocycles. The van der Waals surface area contributed by atoms with Gasteiger partial charge in [0.15, 0.2) is 0 Å². The highest BCUT2D eigenvalue weighted by atomic mass is 35.5. The number of hydrogen-bond donors (Lipinski definition) is 0. The first kappa shape index (κ1) is 20.7. The minimum absolute atomic E-state index is 0.0901. The van der Waals surface area contributed by atoms with Gasteiger partial charge < -0.3 is 8.92 Å². The van der Waals surface area contributed by atoms with Gasteiger partial charge in [0.1, 0.15) is 22.3 Å². The smallest absolute Gasteiger partial charge is 0.389 e. The largest absolute Gasteiger partial charge is 0.456 e. The highest BCUT2D eigenvalue weighted by Crippen LogP contribution is 2.35. The van der Waals surface area contributed by atoms with Gasteiger partial charge in [-0.2, -0.15) is 21.6 Å². The van der Waals surface area contributed by atoms with E-state index in [9.17, 15) is 21.6 Å². The molecular weight excluding hydrogens is 416 g/mol. The van der Waals surface area contributed by atoms with Crippen LogP contribution in [0.1, 0.15) is 12.8 Å². The maximum Gasteiger partial charge on any atom is 0.389 e. The van der Waals surface area contributed by atoms with Gasteiger partial charge in [-0.05, 0) is 30.7 Å². The Morgan fingerprint density at radius 3 is 2.35 bits per heavy atom. The van der Waals surface area contributed by atoms with Crippen LogP contribution in [0.15, 0.2) is 42.5 Å². The number of rotatable bonds is 7. The minimum Gasteiger partial charge on any atom is -0.456 e. The Hall–Kier alpha value is -1.64. The van der Waals surface area contributed by atoms with Gasteiger partial charge in [0.25, 0.3) is 0 Å². The van der Waals surface area contributed by atoms with Crippen molar-refractivity contribution >= 4 is 33.3 Å². The summed E-state index contributed by atoms with van der Waals surface area (Å²) in [5, 5.41) is 0.462. The summed E-state index contributed by atoms with van der Waals surface area (Å²) in [5.74, 6) is -0.369. The van der Waals surface area contributed by atoms with E-state index in [-0.39, 0.29) is 27.3 Å². The van der Waals surface area contributed by atoms with Crippen molar-refractivity contribution in [1.29, 1.82) is 0 Å². The predicted molar refractivity (Wildman–Crippen MR) is 92.7 cm³/mol. The van der Waals surface area contributed by atoms with Gasteiger partial charge in [-0.3, -0.25) is 0 Å². The van der Waals surface area contributed by atoms with E-state index in [1.165, 1.54) is 24.3 Å². The first-order valence-corrected chi connectivity index (χ1v) is 9.60. The van der Waals surface area contributed by atoms with Crippen LogP contribution in [0.4, 0.5) is 13.2 Å². The van der Waals surface area contributed by atoms with Crippen LogP contribution in [0.2, 0.25) is 10.0 Å². The molecule has 0 fully saturated rings. The molecule has 0 atom stereocenters. The van der Waals surface area contributed by atoms with Gasteiger partial charge in [0.05, 0.1) is 10.8 Å². The fourth-order valence-corrected chi connectivity index (χ4v) is 3.23. The number of alkyl halides is 3. The molecule has 0 N–H and O–H groups in total. The molecule has 4 nitrogen and oxygen atoms in total. The molecule has 0 aliphatic carbocycles. The second-order valence-corrected chi connectivity index (χ2v) is 7.67. The molecule has 26 heavy (non-hydrogen) atoms. The molecule has 0 radical (unpaired) electrons. The fraction of sp³-hybridized carbons (Fsp3) is 0.250. The van der Waals surface area contributed by atoms with Gasteiger partial charge in [-0.25, -0.2) is 0 Å². The fourth-order valence-electron chi connectivity index (χ4n) is 1.92. The highest BCUT2D eigenvalue weighted by molar-refractivity contribution is 7.87. The van der Waals surface area contributed by atoms with Crippen molar-refractivity contribution in [1.82, 2.24) is 0 Å². The number of ether oxygens (including phenoxy) is 1. The summed E-state index contributed by atoms with van der Waals surface area (Å²) in [6, 6.07) is 10.4. The third kappa shape index (κ3) is 6.59. The molecular formula is C16H13Cl2F3O4S. The van der Waals surface area contributed by atoms with Crippen LogP contribution < -0.4 is 8.92 Å². The Kier molecular flexibility index (Phi) is 6.65. The zero-order valence-electron chi connectivity index (χ0n) is 13.1. The van der Waals surface area contributed by atoms with Crippen LogP contribution in [0.3, 0.4) is 0 Å². The Morgan fingerprint density at radius 2 is 1.65 bits per heavy atom. The molecule has 142 valence electrons. The molecule has 0 amide bonds. The Balaban J connectivity index is 2.05. The Labute approximate surface area is 158 Å². The van der Waals surface area contributed by atoms with Gasteiger partial charge in [-0.1, -0.05) is 35.3 Å². The van der Waals surface area contributed by atoms with E-state index < -0.39 is 34.9 Å².